The summed E-state index contributed by atoms with van der Waals surface area (Å²) in [4.78, 5) is 26.2. The zero-order chi connectivity index (χ0) is 16.4. The summed E-state index contributed by atoms with van der Waals surface area (Å²) < 4.78 is 0. The van der Waals surface area contributed by atoms with Crippen molar-refractivity contribution in [3.8, 4) is 0 Å². The van der Waals surface area contributed by atoms with Crippen molar-refractivity contribution < 1.29 is 9.59 Å². The summed E-state index contributed by atoms with van der Waals surface area (Å²) in [6, 6.07) is 14.8. The van der Waals surface area contributed by atoms with E-state index in [-0.39, 0.29) is 24.2 Å². The molecule has 0 aliphatic carbocycles. The van der Waals surface area contributed by atoms with Crippen LogP contribution in [0.1, 0.15) is 12.0 Å². The van der Waals surface area contributed by atoms with E-state index in [1.165, 1.54) is 0 Å². The van der Waals surface area contributed by atoms with Crippen molar-refractivity contribution in [2.45, 2.75) is 13.3 Å². The topological polar surface area (TPSA) is 49.4 Å². The highest BCUT2D eigenvalue weighted by Gasteiger charge is 2.35. The SMILES string of the molecule is Cc1cccc(NC(=O)[C@H]2CC(=O)N(c3ccccc3Cl)C2)c1. The van der Waals surface area contributed by atoms with E-state index < -0.39 is 0 Å². The molecule has 1 aliphatic heterocycles. The molecule has 1 aliphatic rings. The number of carbonyl (C=O) groups is 2. The average Bonchev–Trinajstić information content (AvgIpc) is 2.90. The number of rotatable bonds is 3. The Morgan fingerprint density at radius 3 is 2.74 bits per heavy atom. The highest BCUT2D eigenvalue weighted by Crippen LogP contribution is 2.31. The Bertz CT molecular complexity index is 760. The molecule has 4 nitrogen and oxygen atoms in total. The van der Waals surface area contributed by atoms with E-state index in [1.807, 2.05) is 43.3 Å². The summed E-state index contributed by atoms with van der Waals surface area (Å²) in [5, 5.41) is 3.40. The Kier molecular flexibility index (Phi) is 4.35. The largest absolute Gasteiger partial charge is 0.326 e. The minimum atomic E-state index is -0.376. The van der Waals surface area contributed by atoms with Gasteiger partial charge in [0.25, 0.3) is 0 Å². The predicted octanol–water partition coefficient (Wildman–Crippen LogP) is 3.64. The Balaban J connectivity index is 1.72. The van der Waals surface area contributed by atoms with Crippen molar-refractivity contribution in [1.29, 1.82) is 0 Å². The maximum Gasteiger partial charge on any atom is 0.229 e. The summed E-state index contributed by atoms with van der Waals surface area (Å²) >= 11 is 6.15. The third-order valence-electron chi connectivity index (χ3n) is 3.92. The number of anilines is 2. The Hall–Kier alpha value is -2.33. The van der Waals surface area contributed by atoms with Crippen LogP contribution in [0.2, 0.25) is 5.02 Å². The molecule has 1 heterocycles. The van der Waals surface area contributed by atoms with Gasteiger partial charge in [0.1, 0.15) is 0 Å². The maximum absolute atomic E-state index is 12.4. The molecule has 0 radical (unpaired) electrons. The third-order valence-corrected chi connectivity index (χ3v) is 4.24. The van der Waals surface area contributed by atoms with Gasteiger partial charge in [-0.2, -0.15) is 0 Å². The number of halogens is 1. The van der Waals surface area contributed by atoms with Gasteiger partial charge in [-0.1, -0.05) is 35.9 Å². The van der Waals surface area contributed by atoms with E-state index in [2.05, 4.69) is 5.32 Å². The highest BCUT2D eigenvalue weighted by atomic mass is 35.5. The van der Waals surface area contributed by atoms with Gasteiger partial charge in [-0.3, -0.25) is 9.59 Å². The van der Waals surface area contributed by atoms with E-state index in [9.17, 15) is 9.59 Å². The monoisotopic (exact) mass is 328 g/mol. The number of nitrogens with one attached hydrogen (secondary N) is 1. The average molecular weight is 329 g/mol. The van der Waals surface area contributed by atoms with E-state index in [1.54, 1.807) is 17.0 Å². The molecule has 2 amide bonds. The van der Waals surface area contributed by atoms with Crippen LogP contribution in [0.5, 0.6) is 0 Å². The second kappa shape index (κ2) is 6.42. The van der Waals surface area contributed by atoms with Gasteiger partial charge in [0.2, 0.25) is 11.8 Å². The van der Waals surface area contributed by atoms with Gasteiger partial charge in [-0.05, 0) is 36.8 Å². The van der Waals surface area contributed by atoms with Gasteiger partial charge in [-0.25, -0.2) is 0 Å². The fourth-order valence-corrected chi connectivity index (χ4v) is 2.99. The molecule has 118 valence electrons. The number of nitrogens with zero attached hydrogens (tertiary/aromatic N) is 1. The zero-order valence-corrected chi connectivity index (χ0v) is 13.5. The molecule has 0 spiro atoms. The number of benzene rings is 2. The van der Waals surface area contributed by atoms with Crippen molar-refractivity contribution in [1.82, 2.24) is 0 Å². The molecular weight excluding hydrogens is 312 g/mol. The fourth-order valence-electron chi connectivity index (χ4n) is 2.75. The lowest BCUT2D eigenvalue weighted by molar-refractivity contribution is -0.122. The Labute approximate surface area is 140 Å². The van der Waals surface area contributed by atoms with Gasteiger partial charge in [0, 0.05) is 18.7 Å². The molecule has 1 atom stereocenters. The minimum absolute atomic E-state index is 0.0810. The predicted molar refractivity (Wildman–Crippen MR) is 91.7 cm³/mol. The van der Waals surface area contributed by atoms with Crippen molar-refractivity contribution >= 4 is 34.8 Å². The second-order valence-electron chi connectivity index (χ2n) is 5.72. The van der Waals surface area contributed by atoms with Crippen molar-refractivity contribution in [2.75, 3.05) is 16.8 Å². The molecule has 0 aromatic heterocycles. The first kappa shape index (κ1) is 15.6. The first-order chi connectivity index (χ1) is 11.0. The number of para-hydroxylation sites is 1. The van der Waals surface area contributed by atoms with E-state index in [4.69, 9.17) is 11.6 Å². The van der Waals surface area contributed by atoms with Crippen LogP contribution in [0.4, 0.5) is 11.4 Å². The van der Waals surface area contributed by atoms with Crippen LogP contribution < -0.4 is 10.2 Å². The molecule has 0 unspecified atom stereocenters. The summed E-state index contributed by atoms with van der Waals surface area (Å²) in [6.45, 7) is 2.31. The van der Waals surface area contributed by atoms with E-state index in [0.717, 1.165) is 11.3 Å². The quantitative estimate of drug-likeness (QED) is 0.935. The summed E-state index contributed by atoms with van der Waals surface area (Å²) in [7, 11) is 0. The summed E-state index contributed by atoms with van der Waals surface area (Å²) in [6.07, 6.45) is 0.197. The lowest BCUT2D eigenvalue weighted by Gasteiger charge is -2.18. The van der Waals surface area contributed by atoms with E-state index >= 15 is 0 Å². The molecule has 2 aromatic carbocycles. The maximum atomic E-state index is 12.4. The van der Waals surface area contributed by atoms with Crippen LogP contribution in [0, 0.1) is 12.8 Å². The van der Waals surface area contributed by atoms with Gasteiger partial charge < -0.3 is 10.2 Å². The minimum Gasteiger partial charge on any atom is -0.326 e. The molecule has 1 saturated heterocycles. The van der Waals surface area contributed by atoms with E-state index in [0.29, 0.717) is 17.3 Å². The highest BCUT2D eigenvalue weighted by molar-refractivity contribution is 6.33. The number of hydrogen-bond donors (Lipinski definition) is 1. The third kappa shape index (κ3) is 3.37. The Morgan fingerprint density at radius 1 is 1.22 bits per heavy atom. The van der Waals surface area contributed by atoms with Gasteiger partial charge in [0.15, 0.2) is 0 Å². The van der Waals surface area contributed by atoms with Gasteiger partial charge in [-0.15, -0.1) is 0 Å². The lowest BCUT2D eigenvalue weighted by atomic mass is 10.1. The smallest absolute Gasteiger partial charge is 0.229 e. The van der Waals surface area contributed by atoms with Crippen LogP contribution in [-0.4, -0.2) is 18.4 Å². The van der Waals surface area contributed by atoms with Crippen LogP contribution >= 0.6 is 11.6 Å². The fraction of sp³-hybridized carbons (Fsp3) is 0.222. The number of amides is 2. The molecule has 2 aromatic rings. The molecule has 0 bridgehead atoms. The van der Waals surface area contributed by atoms with Gasteiger partial charge in [0.05, 0.1) is 16.6 Å². The zero-order valence-electron chi connectivity index (χ0n) is 12.8. The molecule has 0 saturated carbocycles. The first-order valence-corrected chi connectivity index (χ1v) is 7.85. The van der Waals surface area contributed by atoms with Crippen molar-refractivity contribution in [3.63, 3.8) is 0 Å². The number of aryl methyl sites for hydroxylation is 1. The van der Waals surface area contributed by atoms with Crippen LogP contribution in [0.25, 0.3) is 0 Å². The summed E-state index contributed by atoms with van der Waals surface area (Å²) in [5.41, 5.74) is 2.48. The number of hydrogen-bond acceptors (Lipinski definition) is 2. The molecule has 23 heavy (non-hydrogen) atoms. The molecule has 3 rings (SSSR count). The first-order valence-electron chi connectivity index (χ1n) is 7.47. The molecule has 5 heteroatoms. The van der Waals surface area contributed by atoms with Gasteiger partial charge >= 0.3 is 0 Å². The molecule has 1 fully saturated rings. The normalized spacial score (nSPS) is 17.4. The summed E-state index contributed by atoms with van der Waals surface area (Å²) in [5.74, 6) is -0.597. The van der Waals surface area contributed by atoms with Crippen LogP contribution in [0.15, 0.2) is 48.5 Å². The van der Waals surface area contributed by atoms with Crippen molar-refractivity contribution in [3.05, 3.63) is 59.1 Å². The standard InChI is InChI=1S/C18H17ClN2O2/c1-12-5-4-6-14(9-12)20-18(23)13-10-17(22)21(11-13)16-8-3-2-7-15(16)19/h2-9,13H,10-11H2,1H3,(H,20,23)/t13-/m0/s1. The van der Waals surface area contributed by atoms with Crippen molar-refractivity contribution in [2.24, 2.45) is 5.92 Å². The Morgan fingerprint density at radius 2 is 2.00 bits per heavy atom. The number of carbonyl (C=O) groups excluding carboxylic acids is 2. The molecule has 1 N–H and O–H groups in total. The molecular formula is C18H17ClN2O2. The van der Waals surface area contributed by atoms with Crippen LogP contribution in [0.3, 0.4) is 0 Å². The second-order valence-corrected chi connectivity index (χ2v) is 6.12. The van der Waals surface area contributed by atoms with Crippen LogP contribution in [-0.2, 0) is 9.59 Å². The lowest BCUT2D eigenvalue weighted by Crippen LogP contribution is -2.28.